The molecule has 0 bridgehead atoms. The van der Waals surface area contributed by atoms with Gasteiger partial charge in [-0.2, -0.15) is 0 Å². The van der Waals surface area contributed by atoms with Crippen molar-refractivity contribution in [1.82, 2.24) is 4.98 Å². The van der Waals surface area contributed by atoms with Gasteiger partial charge < -0.3 is 5.11 Å². The highest BCUT2D eigenvalue weighted by atomic mass is 32.1. The first-order chi connectivity index (χ1) is 6.44. The molecule has 1 fully saturated rings. The third kappa shape index (κ3) is 1.25. The van der Waals surface area contributed by atoms with E-state index in [9.17, 15) is 4.79 Å². The average Bonchev–Trinajstić information content (AvgIpc) is 2.42. The molecule has 2 atom stereocenters. The van der Waals surface area contributed by atoms with Crippen LogP contribution in [-0.4, -0.2) is 16.1 Å². The van der Waals surface area contributed by atoms with Crippen molar-refractivity contribution in [3.8, 4) is 0 Å². The van der Waals surface area contributed by atoms with E-state index in [0.29, 0.717) is 0 Å². The summed E-state index contributed by atoms with van der Waals surface area (Å²) >= 11 is 1.57. The van der Waals surface area contributed by atoms with E-state index in [1.165, 1.54) is 0 Å². The quantitative estimate of drug-likeness (QED) is 0.816. The van der Waals surface area contributed by atoms with Crippen LogP contribution in [-0.2, 0) is 4.79 Å². The van der Waals surface area contributed by atoms with E-state index in [4.69, 9.17) is 5.11 Å². The van der Waals surface area contributed by atoms with E-state index in [-0.39, 0.29) is 17.3 Å². The summed E-state index contributed by atoms with van der Waals surface area (Å²) < 4.78 is 0. The minimum absolute atomic E-state index is 0.110. The number of nitrogens with zero attached hydrogens (tertiary/aromatic N) is 1. The van der Waals surface area contributed by atoms with Crippen LogP contribution in [0.3, 0.4) is 0 Å². The lowest BCUT2D eigenvalue weighted by Crippen LogP contribution is -2.03. The molecule has 14 heavy (non-hydrogen) atoms. The largest absolute Gasteiger partial charge is 0.481 e. The maximum atomic E-state index is 10.9. The molecule has 0 aliphatic heterocycles. The van der Waals surface area contributed by atoms with Crippen molar-refractivity contribution < 1.29 is 9.90 Å². The Kier molecular flexibility index (Phi) is 1.93. The Balaban J connectivity index is 2.27. The Morgan fingerprint density at radius 3 is 2.64 bits per heavy atom. The lowest BCUT2D eigenvalue weighted by molar-refractivity contribution is -0.139. The normalized spacial score (nSPS) is 28.8. The fourth-order valence-electron chi connectivity index (χ4n) is 2.07. The van der Waals surface area contributed by atoms with Crippen molar-refractivity contribution >= 4 is 17.3 Å². The molecule has 1 aromatic rings. The van der Waals surface area contributed by atoms with Crippen LogP contribution < -0.4 is 0 Å². The number of carboxylic acids is 1. The Hall–Kier alpha value is -0.900. The molecule has 0 spiro atoms. The predicted octanol–water partition coefficient (Wildman–Crippen LogP) is 2.28. The summed E-state index contributed by atoms with van der Waals surface area (Å²) in [7, 11) is 0. The number of aromatic nitrogens is 1. The Bertz CT molecular complexity index is 383. The highest BCUT2D eigenvalue weighted by Gasteiger charge is 2.64. The lowest BCUT2D eigenvalue weighted by Gasteiger charge is -1.97. The smallest absolute Gasteiger partial charge is 0.307 e. The second-order valence-electron chi connectivity index (χ2n) is 4.44. The summed E-state index contributed by atoms with van der Waals surface area (Å²) in [5.41, 5.74) is 0.854. The minimum Gasteiger partial charge on any atom is -0.481 e. The second-order valence-corrected chi connectivity index (χ2v) is 5.33. The van der Waals surface area contributed by atoms with Crippen LogP contribution in [0.2, 0.25) is 0 Å². The number of hydrogen-bond donors (Lipinski definition) is 1. The molecular weight excluding hydrogens is 198 g/mol. The topological polar surface area (TPSA) is 50.2 Å². The van der Waals surface area contributed by atoms with Crippen LogP contribution in [0.25, 0.3) is 0 Å². The molecule has 4 heteroatoms. The van der Waals surface area contributed by atoms with E-state index < -0.39 is 5.97 Å². The number of hydrogen-bond acceptors (Lipinski definition) is 3. The molecule has 2 rings (SSSR count). The first kappa shape index (κ1) is 9.65. The fraction of sp³-hybridized carbons (Fsp3) is 0.600. The highest BCUT2D eigenvalue weighted by molar-refractivity contribution is 7.09. The minimum atomic E-state index is -0.701. The second kappa shape index (κ2) is 2.79. The van der Waals surface area contributed by atoms with Crippen LogP contribution in [0.4, 0.5) is 0 Å². The first-order valence-electron chi connectivity index (χ1n) is 4.59. The van der Waals surface area contributed by atoms with Gasteiger partial charge in [-0.25, -0.2) is 4.98 Å². The molecule has 2 unspecified atom stereocenters. The molecule has 0 radical (unpaired) electrons. The van der Waals surface area contributed by atoms with E-state index in [2.05, 4.69) is 4.98 Å². The third-order valence-corrected chi connectivity index (χ3v) is 4.04. The maximum Gasteiger partial charge on any atom is 0.307 e. The molecule has 1 heterocycles. The monoisotopic (exact) mass is 211 g/mol. The number of aliphatic carboxylic acids is 1. The van der Waals surface area contributed by atoms with E-state index in [1.807, 2.05) is 26.2 Å². The van der Waals surface area contributed by atoms with Gasteiger partial charge in [0.1, 0.15) is 0 Å². The summed E-state index contributed by atoms with van der Waals surface area (Å²) in [4.78, 5) is 15.3. The van der Waals surface area contributed by atoms with Gasteiger partial charge in [-0.1, -0.05) is 13.8 Å². The molecule has 0 aromatic carbocycles. The molecule has 1 aromatic heterocycles. The maximum absolute atomic E-state index is 10.9. The molecule has 3 nitrogen and oxygen atoms in total. The number of thiazole rings is 1. The molecule has 0 amide bonds. The van der Waals surface area contributed by atoms with E-state index in [0.717, 1.165) is 10.7 Å². The van der Waals surface area contributed by atoms with Crippen LogP contribution in [0, 0.1) is 18.3 Å². The van der Waals surface area contributed by atoms with Gasteiger partial charge >= 0.3 is 5.97 Å². The Morgan fingerprint density at radius 1 is 1.64 bits per heavy atom. The third-order valence-electron chi connectivity index (χ3n) is 3.00. The number of aryl methyl sites for hydroxylation is 1. The van der Waals surface area contributed by atoms with Crippen molar-refractivity contribution in [1.29, 1.82) is 0 Å². The predicted molar refractivity (Wildman–Crippen MR) is 54.5 cm³/mol. The van der Waals surface area contributed by atoms with Crippen LogP contribution >= 0.6 is 11.3 Å². The van der Waals surface area contributed by atoms with E-state index in [1.54, 1.807) is 11.3 Å². The Morgan fingerprint density at radius 2 is 2.29 bits per heavy atom. The van der Waals surface area contributed by atoms with Gasteiger partial charge in [-0.05, 0) is 12.3 Å². The van der Waals surface area contributed by atoms with Gasteiger partial charge in [0.15, 0.2) is 0 Å². The molecule has 1 aliphatic rings. The molecule has 1 N–H and O–H groups in total. The van der Waals surface area contributed by atoms with Crippen molar-refractivity contribution in [2.24, 2.45) is 11.3 Å². The summed E-state index contributed by atoms with van der Waals surface area (Å²) in [5.74, 6) is -0.848. The number of rotatable bonds is 2. The van der Waals surface area contributed by atoms with Crippen LogP contribution in [0.5, 0.6) is 0 Å². The fourth-order valence-corrected chi connectivity index (χ4v) is 3.20. The summed E-state index contributed by atoms with van der Waals surface area (Å²) in [6, 6.07) is 0. The van der Waals surface area contributed by atoms with Gasteiger partial charge in [-0.15, -0.1) is 11.3 Å². The van der Waals surface area contributed by atoms with Crippen molar-refractivity contribution in [2.45, 2.75) is 26.7 Å². The average molecular weight is 211 g/mol. The lowest BCUT2D eigenvalue weighted by atomic mass is 10.1. The standard InChI is InChI=1S/C10H13NO2S/c1-5-4-14-8(11-5)6-7(9(12)13)10(6,2)3/h4,6-7H,1-3H3,(H,12,13). The number of carbonyl (C=O) groups is 1. The molecule has 1 aliphatic carbocycles. The van der Waals surface area contributed by atoms with Gasteiger partial charge in [0.2, 0.25) is 0 Å². The van der Waals surface area contributed by atoms with Crippen molar-refractivity contribution in [3.63, 3.8) is 0 Å². The van der Waals surface area contributed by atoms with Crippen molar-refractivity contribution in [3.05, 3.63) is 16.1 Å². The van der Waals surface area contributed by atoms with Crippen molar-refractivity contribution in [2.75, 3.05) is 0 Å². The summed E-state index contributed by atoms with van der Waals surface area (Å²) in [6.45, 7) is 5.92. The first-order valence-corrected chi connectivity index (χ1v) is 5.47. The van der Waals surface area contributed by atoms with Gasteiger partial charge in [0.05, 0.1) is 10.9 Å². The number of carboxylic acid groups (broad SMARTS) is 1. The summed E-state index contributed by atoms with van der Waals surface area (Å²) in [6.07, 6.45) is 0. The highest BCUT2D eigenvalue weighted by Crippen LogP contribution is 2.64. The zero-order valence-corrected chi connectivity index (χ0v) is 9.26. The van der Waals surface area contributed by atoms with Crippen LogP contribution in [0.1, 0.15) is 30.5 Å². The van der Waals surface area contributed by atoms with Gasteiger partial charge in [-0.3, -0.25) is 4.79 Å². The van der Waals surface area contributed by atoms with E-state index >= 15 is 0 Å². The zero-order chi connectivity index (χ0) is 10.5. The molecular formula is C10H13NO2S. The molecule has 1 saturated carbocycles. The SMILES string of the molecule is Cc1csc(C2C(C(=O)O)C2(C)C)n1. The van der Waals surface area contributed by atoms with Crippen LogP contribution in [0.15, 0.2) is 5.38 Å². The summed E-state index contributed by atoms with van der Waals surface area (Å²) in [5, 5.41) is 12.0. The van der Waals surface area contributed by atoms with Gasteiger partial charge in [0.25, 0.3) is 0 Å². The Labute approximate surface area is 86.8 Å². The molecule has 76 valence electrons. The van der Waals surface area contributed by atoms with Gasteiger partial charge in [0, 0.05) is 17.0 Å². The zero-order valence-electron chi connectivity index (χ0n) is 8.44. The molecule has 0 saturated heterocycles.